The number of carbonyl (C=O) groups excluding carboxylic acids is 9. The number of aryl methyl sites for hydroxylation is 4. The number of imide groups is 2. The number of carboxylic acids is 1. The Kier molecular flexibility index (Phi) is 27.4. The highest BCUT2D eigenvalue weighted by Gasteiger charge is 2.43. The van der Waals surface area contributed by atoms with Crippen LogP contribution in [0, 0.1) is 41.5 Å². The summed E-state index contributed by atoms with van der Waals surface area (Å²) in [5, 5.41) is 43.5. The smallest absolute Gasteiger partial charge is 0.306 e. The van der Waals surface area contributed by atoms with Gasteiger partial charge in [-0.2, -0.15) is 0 Å². The number of hydrogen-bond donors (Lipinski definition) is 6. The summed E-state index contributed by atoms with van der Waals surface area (Å²) < 4.78 is 3.97. The van der Waals surface area contributed by atoms with Crippen LogP contribution in [-0.4, -0.2) is 134 Å². The molecule has 6 aliphatic rings. The van der Waals surface area contributed by atoms with E-state index >= 15 is 0 Å². The number of carbonyl (C=O) groups is 10. The summed E-state index contributed by atoms with van der Waals surface area (Å²) >= 11 is 15.6. The van der Waals surface area contributed by atoms with E-state index in [2.05, 4.69) is 81.6 Å². The zero-order chi connectivity index (χ0) is 77.5. The van der Waals surface area contributed by atoms with Crippen molar-refractivity contribution in [1.82, 2.24) is 55.3 Å². The Morgan fingerprint density at radius 3 is 1.36 bits per heavy atom. The first-order valence-corrected chi connectivity index (χ1v) is 39.1. The van der Waals surface area contributed by atoms with Crippen molar-refractivity contribution in [3.05, 3.63) is 184 Å². The number of fused-ring (bicyclic) bond motifs is 8. The van der Waals surface area contributed by atoms with Crippen LogP contribution >= 0.6 is 45.9 Å². The standard InChI is InChI=1S/C39H41ClN8O5S.C21H27N3O4.C19H17ClN4O2S.2CH4/c1-21-22(2)54-39-34(21)35(24-12-14-25(40)15-13-24)43-29(36-46-45-23(3)48(36)39)19-33(51)41-18-7-5-4-6-11-31(49)42-28-10-8-9-26-27(28)20-47(38(26)53)30-16-17-32(50)44-37(30)52;1-2-3-4-5-6-10-18(25)22-16-9-7-8-14-15(16)13-24(21(14)28)17-11-12-19(26)23-20(17)27;1-9-10(2)27-19-16(9)17(12-4-6-13(20)7-5-12)21-14(8-15(25)26)18-23-22-11(3)24(18)19;;/h8-10,12-15,29-30H,4-7,11,16-20H2,1-3H3,(H,41,51)(H,42,49)(H,44,50,52);7-9,17H,2-6,10-13H2,1H3,(H,22,25)(H,23,26,27);4-7,14H,8H2,1-3H3,(H,25,26);2*1H4/t29-,30?;;14-;;/m0.0../s1. The van der Waals surface area contributed by atoms with E-state index in [0.29, 0.717) is 82.0 Å². The van der Waals surface area contributed by atoms with E-state index in [-0.39, 0.29) is 101 Å². The summed E-state index contributed by atoms with van der Waals surface area (Å²) in [6.45, 7) is 15.2. The van der Waals surface area contributed by atoms with Gasteiger partial charge in [0.05, 0.1) is 24.3 Å². The number of anilines is 2. The van der Waals surface area contributed by atoms with Crippen LogP contribution in [0.25, 0.3) is 10.0 Å². The van der Waals surface area contributed by atoms with Crippen molar-refractivity contribution >= 4 is 128 Å². The van der Waals surface area contributed by atoms with Crippen LogP contribution in [0.4, 0.5) is 11.4 Å². The van der Waals surface area contributed by atoms with E-state index in [0.717, 1.165) is 111 Å². The van der Waals surface area contributed by atoms with Gasteiger partial charge in [-0.05, 0) is 133 Å². The average molecular weight is 1590 g/mol. The Bertz CT molecular complexity index is 4980. The molecule has 2 fully saturated rings. The lowest BCUT2D eigenvalue weighted by Gasteiger charge is -2.29. The summed E-state index contributed by atoms with van der Waals surface area (Å²) in [4.78, 5) is 139. The number of benzene rings is 4. The van der Waals surface area contributed by atoms with Gasteiger partial charge in [-0.1, -0.05) is 120 Å². The van der Waals surface area contributed by atoms with Crippen molar-refractivity contribution < 1.29 is 53.1 Å². The van der Waals surface area contributed by atoms with Crippen LogP contribution < -0.4 is 26.6 Å². The summed E-state index contributed by atoms with van der Waals surface area (Å²) in [7, 11) is 0. The topological polar surface area (TPSA) is 344 Å². The van der Waals surface area contributed by atoms with E-state index in [1.54, 1.807) is 59.1 Å². The predicted molar refractivity (Wildman–Crippen MR) is 429 cm³/mol. The third-order valence-electron chi connectivity index (χ3n) is 20.3. The van der Waals surface area contributed by atoms with Crippen LogP contribution in [0.1, 0.15) is 241 Å². The predicted octanol–water partition coefficient (Wildman–Crippen LogP) is 13.9. The van der Waals surface area contributed by atoms with Gasteiger partial charge in [0.25, 0.3) is 11.8 Å². The fraction of sp³-hybridized carbons (Fsp3) is 0.407. The fourth-order valence-electron chi connectivity index (χ4n) is 14.4. The van der Waals surface area contributed by atoms with Crippen molar-refractivity contribution in [3.63, 3.8) is 0 Å². The lowest BCUT2D eigenvalue weighted by atomic mass is 9.99. The second-order valence-corrected chi connectivity index (χ2v) is 31.1. The second kappa shape index (κ2) is 36.6. The van der Waals surface area contributed by atoms with Crippen LogP contribution in [0.3, 0.4) is 0 Å². The third kappa shape index (κ3) is 18.5. The van der Waals surface area contributed by atoms with Crippen molar-refractivity contribution in [2.75, 3.05) is 17.2 Å². The Hall–Kier alpha value is -10.4. The van der Waals surface area contributed by atoms with Gasteiger partial charge < -0.3 is 30.9 Å². The Morgan fingerprint density at radius 1 is 0.532 bits per heavy atom. The molecule has 0 spiro atoms. The molecule has 0 radical (unpaired) electrons. The molecule has 2 unspecified atom stereocenters. The number of thiophene rings is 2. The van der Waals surface area contributed by atoms with Gasteiger partial charge >= 0.3 is 5.97 Å². The van der Waals surface area contributed by atoms with E-state index in [4.69, 9.17) is 33.2 Å². The molecule has 584 valence electrons. The minimum absolute atomic E-state index is 0. The van der Waals surface area contributed by atoms with Crippen LogP contribution in [-0.2, 0) is 51.4 Å². The molecule has 26 nitrogen and oxygen atoms in total. The number of piperidine rings is 2. The molecule has 4 atom stereocenters. The maximum Gasteiger partial charge on any atom is 0.306 e. The van der Waals surface area contributed by atoms with E-state index in [1.165, 1.54) is 32.4 Å². The lowest BCUT2D eigenvalue weighted by Crippen LogP contribution is -2.52. The molecule has 0 bridgehead atoms. The molecule has 4 aromatic heterocycles. The lowest BCUT2D eigenvalue weighted by molar-refractivity contribution is -0.138. The van der Waals surface area contributed by atoms with Gasteiger partial charge in [-0.15, -0.1) is 43.1 Å². The van der Waals surface area contributed by atoms with Crippen LogP contribution in [0.5, 0.6) is 0 Å². The number of aliphatic carboxylic acids is 1. The van der Waals surface area contributed by atoms with Crippen molar-refractivity contribution in [2.45, 2.75) is 210 Å². The molecule has 8 aromatic rings. The third-order valence-corrected chi connectivity index (χ3v) is 23.2. The number of hydrogen-bond acceptors (Lipinski definition) is 18. The largest absolute Gasteiger partial charge is 0.481 e. The van der Waals surface area contributed by atoms with Gasteiger partial charge in [-0.25, -0.2) is 0 Å². The molecule has 4 aromatic carbocycles. The first kappa shape index (κ1) is 83.1. The van der Waals surface area contributed by atoms with E-state index in [1.807, 2.05) is 71.5 Å². The van der Waals surface area contributed by atoms with E-state index in [9.17, 15) is 53.1 Å². The monoisotopic (exact) mass is 1590 g/mol. The van der Waals surface area contributed by atoms with Crippen molar-refractivity contribution in [2.24, 2.45) is 9.98 Å². The fourth-order valence-corrected chi connectivity index (χ4v) is 17.1. The quantitative estimate of drug-likeness (QED) is 0.0256. The zero-order valence-corrected chi connectivity index (χ0v) is 64.8. The molecule has 14 rings (SSSR count). The van der Waals surface area contributed by atoms with Crippen LogP contribution in [0.2, 0.25) is 10.0 Å². The highest BCUT2D eigenvalue weighted by atomic mass is 35.5. The zero-order valence-electron chi connectivity index (χ0n) is 61.6. The SMILES string of the molecule is C.C.CCCCCCCC(=O)Nc1cccc2c1CN(C1CCC(=O)NC1=O)C2=O.Cc1sc2c(c1C)C(c1ccc(Cl)cc1)=N[C@@H](CC(=O)NCCCCCCC(=O)Nc1cccc3c1CN(C1CCC(=O)NC1=O)C3=O)c1nnc(C)n1-2.Cc1sc2c(c1C)C(c1ccc(Cl)cc1)=N[C@@H](CC(=O)O)c1nnc(C)n1-2. The molecule has 30 heteroatoms. The molecule has 111 heavy (non-hydrogen) atoms. The number of unbranched alkanes of at least 4 members (excludes halogenated alkanes) is 7. The molecule has 0 aliphatic carbocycles. The molecule has 2 saturated heterocycles. The molecular formula is C81H93Cl2N15O11S2. The number of nitrogens with zero attached hydrogens (tertiary/aromatic N) is 10. The maximum absolute atomic E-state index is 13.3. The van der Waals surface area contributed by atoms with Crippen LogP contribution in [0.15, 0.2) is 94.9 Å². The highest BCUT2D eigenvalue weighted by Crippen LogP contribution is 2.43. The minimum atomic E-state index is -0.926. The molecular weight excluding hydrogens is 1490 g/mol. The number of aliphatic imine (C=N–C) groups is 2. The van der Waals surface area contributed by atoms with Gasteiger partial charge in [0.2, 0.25) is 41.4 Å². The molecule has 9 amide bonds. The average Bonchev–Trinajstić information content (AvgIpc) is 1.60. The summed E-state index contributed by atoms with van der Waals surface area (Å²) in [5.74, 6) is -0.712. The number of nitrogens with one attached hydrogen (secondary N) is 5. The van der Waals surface area contributed by atoms with Crippen molar-refractivity contribution in [1.29, 1.82) is 0 Å². The highest BCUT2D eigenvalue weighted by molar-refractivity contribution is 7.15. The number of rotatable bonds is 23. The molecule has 10 heterocycles. The van der Waals surface area contributed by atoms with Gasteiger partial charge in [0, 0.05) is 121 Å². The maximum atomic E-state index is 13.3. The van der Waals surface area contributed by atoms with Gasteiger partial charge in [0.15, 0.2) is 11.6 Å². The summed E-state index contributed by atoms with van der Waals surface area (Å²) in [6, 6.07) is 22.9. The first-order chi connectivity index (χ1) is 52.4. The molecule has 6 N–H and O–H groups in total. The number of aromatic nitrogens is 6. The van der Waals surface area contributed by atoms with Crippen molar-refractivity contribution in [3.8, 4) is 10.0 Å². The second-order valence-electron chi connectivity index (χ2n) is 27.8. The Balaban J connectivity index is 0.000000193. The normalized spacial score (nSPS) is 17.2. The molecule has 0 saturated carbocycles. The van der Waals surface area contributed by atoms with Gasteiger partial charge in [-0.3, -0.25) is 77.7 Å². The summed E-state index contributed by atoms with van der Waals surface area (Å²) in [6.07, 6.45) is 10.2. The Morgan fingerprint density at radius 2 is 0.946 bits per heavy atom. The Labute approximate surface area is 662 Å². The molecule has 6 aliphatic heterocycles. The number of halogens is 2. The van der Waals surface area contributed by atoms with Gasteiger partial charge in [0.1, 0.15) is 45.8 Å². The van der Waals surface area contributed by atoms with E-state index < -0.39 is 42.0 Å². The number of amides is 9. The summed E-state index contributed by atoms with van der Waals surface area (Å²) in [5.41, 5.74) is 11.2. The first-order valence-electron chi connectivity index (χ1n) is 36.7. The number of carboxylic acid groups (broad SMARTS) is 1. The minimum Gasteiger partial charge on any atom is -0.481 e.